The average molecular weight is 901 g/mol. The standard InChI is InChI=1S/C49H52N14O4/c1-31-54-56-48-49(18-19-49)53-44(38-26-33(12-15-40(38)62(31)48)34-27-51-58(2)29-34)32-10-13-36(14-11-32)60-24-22-59(23-25-60)20-5-3-4-6-21-61-30-35(55-57-61)28-50-39-9-7-8-37-43(39)47(67)63(46(37)66)41-16-17-42(64)52-45(41)65/h7-15,26-27,29-30,41,50H,3-6,16-25,28H2,1-2H3,(H,52,64,65). The zero-order valence-electron chi connectivity index (χ0n) is 37.7. The van der Waals surface area contributed by atoms with Crippen molar-refractivity contribution in [3.63, 3.8) is 0 Å². The number of nitrogens with zero attached hydrogens (tertiary/aromatic N) is 12. The highest BCUT2D eigenvalue weighted by atomic mass is 16.2. The molecule has 2 N–H and O–H groups in total. The number of aliphatic imine (C=N–C) groups is 1. The number of amides is 4. The van der Waals surface area contributed by atoms with Gasteiger partial charge in [-0.25, -0.2) is 0 Å². The fourth-order valence-electron chi connectivity index (χ4n) is 10.0. The van der Waals surface area contributed by atoms with Crippen LogP contribution in [0.25, 0.3) is 16.8 Å². The van der Waals surface area contributed by atoms with Gasteiger partial charge in [0, 0.05) is 80.5 Å². The highest BCUT2D eigenvalue weighted by Crippen LogP contribution is 2.52. The fraction of sp³-hybridized carbons (Fsp3) is 0.388. The molecule has 1 unspecified atom stereocenters. The van der Waals surface area contributed by atoms with Crippen molar-refractivity contribution in [2.45, 2.75) is 83.0 Å². The number of hydrogen-bond acceptors (Lipinski definition) is 13. The highest BCUT2D eigenvalue weighted by Gasteiger charge is 2.51. The van der Waals surface area contributed by atoms with Gasteiger partial charge < -0.3 is 10.2 Å². The van der Waals surface area contributed by atoms with E-state index in [1.54, 1.807) is 18.2 Å². The van der Waals surface area contributed by atoms with E-state index in [2.05, 4.69) is 93.1 Å². The Morgan fingerprint density at radius 2 is 1.60 bits per heavy atom. The normalized spacial score (nSPS) is 18.7. The van der Waals surface area contributed by atoms with Gasteiger partial charge in [0.15, 0.2) is 5.82 Å². The summed E-state index contributed by atoms with van der Waals surface area (Å²) in [6.45, 7) is 8.21. The van der Waals surface area contributed by atoms with Gasteiger partial charge in [-0.3, -0.25) is 53.2 Å². The number of nitrogens with one attached hydrogen (secondary N) is 2. The Morgan fingerprint density at radius 3 is 2.36 bits per heavy atom. The second-order valence-corrected chi connectivity index (χ2v) is 18.3. The molecule has 7 heterocycles. The number of benzene rings is 3. The first-order valence-corrected chi connectivity index (χ1v) is 23.3. The van der Waals surface area contributed by atoms with E-state index in [1.807, 2.05) is 41.9 Å². The lowest BCUT2D eigenvalue weighted by molar-refractivity contribution is -0.136. The summed E-state index contributed by atoms with van der Waals surface area (Å²) in [5, 5.41) is 27.7. The minimum Gasteiger partial charge on any atom is -0.379 e. The molecule has 0 bridgehead atoms. The highest BCUT2D eigenvalue weighted by molar-refractivity contribution is 6.25. The Kier molecular flexibility index (Phi) is 10.8. The first-order chi connectivity index (χ1) is 32.6. The van der Waals surface area contributed by atoms with Gasteiger partial charge in [0.25, 0.3) is 11.8 Å². The first kappa shape index (κ1) is 42.3. The Labute approximate surface area is 387 Å². The topological polar surface area (TPSA) is 194 Å². The molecule has 11 rings (SSSR count). The van der Waals surface area contributed by atoms with Gasteiger partial charge in [0.2, 0.25) is 11.8 Å². The van der Waals surface area contributed by atoms with E-state index in [0.717, 1.165) is 128 Å². The summed E-state index contributed by atoms with van der Waals surface area (Å²) in [5.41, 5.74) is 8.90. The summed E-state index contributed by atoms with van der Waals surface area (Å²) >= 11 is 0. The van der Waals surface area contributed by atoms with Crippen molar-refractivity contribution in [1.29, 1.82) is 0 Å². The van der Waals surface area contributed by atoms with Gasteiger partial charge in [0.1, 0.15) is 23.1 Å². The number of carbonyl (C=O) groups excluding carboxylic acids is 4. The Balaban J connectivity index is 0.640. The third kappa shape index (κ3) is 7.98. The summed E-state index contributed by atoms with van der Waals surface area (Å²) < 4.78 is 5.88. The van der Waals surface area contributed by atoms with Crippen molar-refractivity contribution < 1.29 is 19.2 Å². The van der Waals surface area contributed by atoms with Gasteiger partial charge in [0.05, 0.1) is 41.5 Å². The van der Waals surface area contributed by atoms with E-state index in [4.69, 9.17) is 4.99 Å². The third-order valence-corrected chi connectivity index (χ3v) is 13.8. The number of carbonyl (C=O) groups is 4. The Bertz CT molecular complexity index is 2950. The summed E-state index contributed by atoms with van der Waals surface area (Å²) in [6.07, 6.45) is 12.3. The van der Waals surface area contributed by atoms with E-state index >= 15 is 0 Å². The van der Waals surface area contributed by atoms with Gasteiger partial charge in [-0.15, -0.1) is 15.3 Å². The molecule has 1 spiro atoms. The second-order valence-electron chi connectivity index (χ2n) is 18.3. The summed E-state index contributed by atoms with van der Waals surface area (Å²) in [4.78, 5) is 62.3. The molecule has 2 saturated heterocycles. The maximum absolute atomic E-state index is 13.4. The van der Waals surface area contributed by atoms with Crippen LogP contribution in [0.1, 0.15) is 101 Å². The van der Waals surface area contributed by atoms with Crippen LogP contribution >= 0.6 is 0 Å². The molecule has 18 heteroatoms. The molecule has 5 aliphatic rings. The lowest BCUT2D eigenvalue weighted by Crippen LogP contribution is -2.54. The SMILES string of the molecule is Cc1nnc2n1-c1ccc(-c3cnn(C)c3)cc1C(c1ccc(N3CCN(CCCCCCn4cc(CNc5cccc6c5C(=O)N(C5CCC(=O)NC5=O)C6=O)nn4)CC3)cc1)=NC21CC1. The second kappa shape index (κ2) is 17.1. The molecule has 1 saturated carbocycles. The summed E-state index contributed by atoms with van der Waals surface area (Å²) in [7, 11) is 1.94. The number of rotatable bonds is 14. The number of aryl methyl sites for hydroxylation is 3. The number of unbranched alkanes of at least 4 members (excludes halogenated alkanes) is 3. The van der Waals surface area contributed by atoms with E-state index in [9.17, 15) is 19.2 Å². The maximum atomic E-state index is 13.4. The molecule has 0 radical (unpaired) electrons. The lowest BCUT2D eigenvalue weighted by atomic mass is 9.96. The van der Waals surface area contributed by atoms with Crippen LogP contribution in [0.15, 0.2) is 84.2 Å². The quantitative estimate of drug-likeness (QED) is 0.112. The van der Waals surface area contributed by atoms with Crippen LogP contribution < -0.4 is 15.5 Å². The molecule has 4 aliphatic heterocycles. The van der Waals surface area contributed by atoms with Crippen molar-refractivity contribution in [1.82, 2.24) is 54.7 Å². The van der Waals surface area contributed by atoms with E-state index in [0.29, 0.717) is 17.9 Å². The number of imide groups is 2. The first-order valence-electron chi connectivity index (χ1n) is 23.3. The van der Waals surface area contributed by atoms with Crippen LogP contribution in [0.4, 0.5) is 11.4 Å². The van der Waals surface area contributed by atoms with Crippen LogP contribution in [0.3, 0.4) is 0 Å². The van der Waals surface area contributed by atoms with Crippen molar-refractivity contribution in [2.75, 3.05) is 42.9 Å². The predicted molar refractivity (Wildman–Crippen MR) is 249 cm³/mol. The summed E-state index contributed by atoms with van der Waals surface area (Å²) in [6, 6.07) is 19.5. The number of fused-ring (bicyclic) bond motifs is 5. The largest absolute Gasteiger partial charge is 0.379 e. The van der Waals surface area contributed by atoms with Gasteiger partial charge in [-0.1, -0.05) is 42.3 Å². The molecule has 342 valence electrons. The van der Waals surface area contributed by atoms with Crippen molar-refractivity contribution in [3.8, 4) is 16.8 Å². The van der Waals surface area contributed by atoms with Crippen molar-refractivity contribution >= 4 is 40.7 Å². The van der Waals surface area contributed by atoms with Crippen LogP contribution in [0, 0.1) is 6.92 Å². The molecule has 3 aromatic carbocycles. The predicted octanol–water partition coefficient (Wildman–Crippen LogP) is 4.80. The summed E-state index contributed by atoms with van der Waals surface area (Å²) in [5.74, 6) is -0.333. The molecule has 67 heavy (non-hydrogen) atoms. The molecule has 6 aromatic rings. The number of hydrogen-bond donors (Lipinski definition) is 2. The minimum atomic E-state index is -1.01. The van der Waals surface area contributed by atoms with Gasteiger partial charge in [-0.05, 0) is 87.5 Å². The smallest absolute Gasteiger partial charge is 0.264 e. The molecular weight excluding hydrogens is 849 g/mol. The molecule has 1 atom stereocenters. The monoisotopic (exact) mass is 900 g/mol. The Hall–Kier alpha value is -7.34. The van der Waals surface area contributed by atoms with E-state index < -0.39 is 29.7 Å². The number of piperazine rings is 1. The number of anilines is 2. The molecule has 1 aliphatic carbocycles. The number of piperidine rings is 1. The minimum absolute atomic E-state index is 0.0696. The average Bonchev–Trinajstić information content (AvgIpc) is 3.58. The van der Waals surface area contributed by atoms with E-state index in [-0.39, 0.29) is 29.5 Å². The Morgan fingerprint density at radius 1 is 0.806 bits per heavy atom. The molecule has 18 nitrogen and oxygen atoms in total. The zero-order valence-corrected chi connectivity index (χ0v) is 37.7. The molecule has 3 aromatic heterocycles. The van der Waals surface area contributed by atoms with Crippen LogP contribution in [-0.2, 0) is 35.3 Å². The lowest BCUT2D eigenvalue weighted by Gasteiger charge is -2.36. The van der Waals surface area contributed by atoms with Gasteiger partial charge in [-0.2, -0.15) is 5.10 Å². The third-order valence-electron chi connectivity index (χ3n) is 13.8. The zero-order chi connectivity index (χ0) is 45.8. The van der Waals surface area contributed by atoms with Crippen LogP contribution in [0.2, 0.25) is 0 Å². The number of aromatic nitrogens is 8. The van der Waals surface area contributed by atoms with Crippen molar-refractivity contribution in [3.05, 3.63) is 119 Å². The van der Waals surface area contributed by atoms with Crippen LogP contribution in [-0.4, -0.2) is 117 Å². The molecule has 3 fully saturated rings. The van der Waals surface area contributed by atoms with E-state index in [1.165, 1.54) is 5.69 Å². The maximum Gasteiger partial charge on any atom is 0.264 e. The fourth-order valence-corrected chi connectivity index (χ4v) is 10.0. The van der Waals surface area contributed by atoms with Gasteiger partial charge >= 0.3 is 0 Å². The molecular formula is C49H52N14O4. The van der Waals surface area contributed by atoms with Crippen LogP contribution in [0.5, 0.6) is 0 Å². The molecule has 4 amide bonds. The van der Waals surface area contributed by atoms with Crippen molar-refractivity contribution in [2.24, 2.45) is 12.0 Å².